The summed E-state index contributed by atoms with van der Waals surface area (Å²) in [4.78, 5) is 25.5. The highest BCUT2D eigenvalue weighted by Crippen LogP contribution is 2.26. The van der Waals surface area contributed by atoms with Crippen LogP contribution in [0.5, 0.6) is 0 Å². The van der Waals surface area contributed by atoms with Crippen LogP contribution in [0.3, 0.4) is 0 Å². The molecule has 4 N–H and O–H groups in total. The van der Waals surface area contributed by atoms with Gasteiger partial charge in [0.15, 0.2) is 11.2 Å². The molecular weight excluding hydrogens is 258 g/mol. The molecule has 3 aromatic rings. The molecule has 0 unspecified atom stereocenters. The molecule has 0 radical (unpaired) electrons. The van der Waals surface area contributed by atoms with Gasteiger partial charge in [0.1, 0.15) is 5.82 Å². The van der Waals surface area contributed by atoms with Gasteiger partial charge in [-0.15, -0.1) is 0 Å². The fraction of sp³-hybridized carbons (Fsp3) is 0.154. The number of hydrogen-bond donors (Lipinski definition) is 3. The van der Waals surface area contributed by atoms with E-state index in [1.54, 1.807) is 0 Å². The Kier molecular flexibility index (Phi) is 2.19. The lowest BCUT2D eigenvalue weighted by molar-refractivity contribution is 0.134. The van der Waals surface area contributed by atoms with E-state index >= 15 is 0 Å². The Bertz CT molecular complexity index is 880. The number of aromatic amines is 2. The number of fused-ring (bicyclic) bond motifs is 2. The number of nitrogen functional groups attached to an aromatic ring is 1. The van der Waals surface area contributed by atoms with Gasteiger partial charge in [-0.3, -0.25) is 9.78 Å². The van der Waals surface area contributed by atoms with Crippen molar-refractivity contribution >= 4 is 17.1 Å². The van der Waals surface area contributed by atoms with Gasteiger partial charge < -0.3 is 15.5 Å². The van der Waals surface area contributed by atoms with Gasteiger partial charge in [0, 0.05) is 5.56 Å². The lowest BCUT2D eigenvalue weighted by Crippen LogP contribution is -2.10. The van der Waals surface area contributed by atoms with Gasteiger partial charge in [-0.25, -0.2) is 4.98 Å². The van der Waals surface area contributed by atoms with Gasteiger partial charge in [0.2, 0.25) is 5.95 Å². The number of ether oxygens (including phenoxy) is 1. The van der Waals surface area contributed by atoms with Crippen LogP contribution >= 0.6 is 0 Å². The first-order chi connectivity index (χ1) is 9.70. The van der Waals surface area contributed by atoms with Crippen molar-refractivity contribution in [1.82, 2.24) is 19.9 Å². The van der Waals surface area contributed by atoms with Gasteiger partial charge >= 0.3 is 0 Å². The zero-order valence-electron chi connectivity index (χ0n) is 10.4. The molecule has 0 saturated carbocycles. The molecule has 0 spiro atoms. The number of imidazole rings is 1. The third-order valence-corrected chi connectivity index (χ3v) is 3.37. The Hall–Kier alpha value is -2.67. The van der Waals surface area contributed by atoms with Crippen LogP contribution in [-0.4, -0.2) is 19.9 Å². The first-order valence-corrected chi connectivity index (χ1v) is 6.16. The smallest absolute Gasteiger partial charge is 0.278 e. The lowest BCUT2D eigenvalue weighted by Gasteiger charge is -2.00. The molecule has 0 atom stereocenters. The standard InChI is InChI=1S/C13H11N5O2/c14-13-17-11-9(12(19)18-13)15-10(16-11)6-1-2-7-4-20-5-8(7)3-6/h1-3H,4-5H2,(H4,14,15,16,17,18,19). The number of nitrogens with one attached hydrogen (secondary N) is 2. The zero-order chi connectivity index (χ0) is 13.7. The molecule has 2 aromatic heterocycles. The maximum atomic E-state index is 11.8. The van der Waals surface area contributed by atoms with Crippen LogP contribution < -0.4 is 11.3 Å². The van der Waals surface area contributed by atoms with Gasteiger partial charge in [-0.2, -0.15) is 4.98 Å². The third-order valence-electron chi connectivity index (χ3n) is 3.37. The molecule has 0 bridgehead atoms. The highest BCUT2D eigenvalue weighted by molar-refractivity contribution is 5.76. The predicted octanol–water partition coefficient (Wildman–Crippen LogP) is 0.926. The fourth-order valence-corrected chi connectivity index (χ4v) is 2.38. The number of benzene rings is 1. The fourth-order valence-electron chi connectivity index (χ4n) is 2.38. The third kappa shape index (κ3) is 1.60. The van der Waals surface area contributed by atoms with Gasteiger partial charge in [0.05, 0.1) is 13.2 Å². The topological polar surface area (TPSA) is 110 Å². The van der Waals surface area contributed by atoms with Crippen molar-refractivity contribution in [3.05, 3.63) is 39.7 Å². The van der Waals surface area contributed by atoms with Crippen molar-refractivity contribution in [2.75, 3.05) is 5.73 Å². The SMILES string of the molecule is Nc1nc2nc(-c3ccc4c(c3)COC4)[nH]c2c(=O)[nH]1. The maximum Gasteiger partial charge on any atom is 0.278 e. The molecule has 0 aliphatic carbocycles. The number of nitrogens with two attached hydrogens (primary N) is 1. The number of anilines is 1. The molecule has 3 heterocycles. The summed E-state index contributed by atoms with van der Waals surface area (Å²) in [5.41, 5.74) is 9.05. The minimum Gasteiger partial charge on any atom is -0.372 e. The quantitative estimate of drug-likeness (QED) is 0.608. The molecule has 0 saturated heterocycles. The predicted molar refractivity (Wildman–Crippen MR) is 72.9 cm³/mol. The van der Waals surface area contributed by atoms with E-state index in [2.05, 4.69) is 19.9 Å². The molecule has 100 valence electrons. The average molecular weight is 269 g/mol. The normalized spacial score (nSPS) is 13.8. The second kappa shape index (κ2) is 3.91. The van der Waals surface area contributed by atoms with Crippen LogP contribution in [0.1, 0.15) is 11.1 Å². The Morgan fingerprint density at radius 3 is 2.90 bits per heavy atom. The zero-order valence-corrected chi connectivity index (χ0v) is 10.4. The maximum absolute atomic E-state index is 11.8. The van der Waals surface area contributed by atoms with Crippen molar-refractivity contribution in [2.24, 2.45) is 0 Å². The van der Waals surface area contributed by atoms with Crippen LogP contribution in [-0.2, 0) is 18.0 Å². The van der Waals surface area contributed by atoms with Crippen molar-refractivity contribution in [1.29, 1.82) is 0 Å². The van der Waals surface area contributed by atoms with Crippen molar-refractivity contribution < 1.29 is 4.74 Å². The summed E-state index contributed by atoms with van der Waals surface area (Å²) in [6.45, 7) is 1.25. The second-order valence-corrected chi connectivity index (χ2v) is 4.71. The molecule has 0 amide bonds. The van der Waals surface area contributed by atoms with E-state index in [0.717, 1.165) is 11.1 Å². The minimum absolute atomic E-state index is 0.0582. The summed E-state index contributed by atoms with van der Waals surface area (Å²) >= 11 is 0. The number of nitrogens with zero attached hydrogens (tertiary/aromatic N) is 2. The van der Waals surface area contributed by atoms with E-state index in [1.807, 2.05) is 18.2 Å². The lowest BCUT2D eigenvalue weighted by atomic mass is 10.1. The molecule has 1 aliphatic heterocycles. The number of H-pyrrole nitrogens is 2. The Morgan fingerprint density at radius 2 is 2.00 bits per heavy atom. The summed E-state index contributed by atoms with van der Waals surface area (Å²) < 4.78 is 5.39. The first kappa shape index (κ1) is 11.2. The largest absolute Gasteiger partial charge is 0.372 e. The highest BCUT2D eigenvalue weighted by Gasteiger charge is 2.14. The number of hydrogen-bond acceptors (Lipinski definition) is 5. The monoisotopic (exact) mass is 269 g/mol. The summed E-state index contributed by atoms with van der Waals surface area (Å²) in [7, 11) is 0. The molecular formula is C13H11N5O2. The first-order valence-electron chi connectivity index (χ1n) is 6.16. The molecule has 4 rings (SSSR count). The van der Waals surface area contributed by atoms with E-state index in [4.69, 9.17) is 10.5 Å². The van der Waals surface area contributed by atoms with Crippen LogP contribution in [0.25, 0.3) is 22.6 Å². The molecule has 1 aliphatic rings. The minimum atomic E-state index is -0.323. The van der Waals surface area contributed by atoms with Crippen LogP contribution in [0.4, 0.5) is 5.95 Å². The molecule has 20 heavy (non-hydrogen) atoms. The van der Waals surface area contributed by atoms with Crippen LogP contribution in [0.15, 0.2) is 23.0 Å². The van der Waals surface area contributed by atoms with E-state index in [9.17, 15) is 4.79 Å². The molecule has 7 heteroatoms. The Labute approximate surface area is 112 Å². The van der Waals surface area contributed by atoms with E-state index < -0.39 is 0 Å². The Morgan fingerprint density at radius 1 is 1.15 bits per heavy atom. The second-order valence-electron chi connectivity index (χ2n) is 4.71. The summed E-state index contributed by atoms with van der Waals surface area (Å²) in [6.07, 6.45) is 0. The summed E-state index contributed by atoms with van der Waals surface area (Å²) in [6, 6.07) is 5.97. The number of aromatic nitrogens is 4. The van der Waals surface area contributed by atoms with Crippen molar-refractivity contribution in [3.8, 4) is 11.4 Å². The summed E-state index contributed by atoms with van der Waals surface area (Å²) in [5.74, 6) is 0.654. The van der Waals surface area contributed by atoms with Gasteiger partial charge in [0.25, 0.3) is 5.56 Å². The Balaban J connectivity index is 1.90. The van der Waals surface area contributed by atoms with Crippen molar-refractivity contribution in [2.45, 2.75) is 13.2 Å². The van der Waals surface area contributed by atoms with Gasteiger partial charge in [-0.05, 0) is 17.2 Å². The van der Waals surface area contributed by atoms with E-state index in [1.165, 1.54) is 5.56 Å². The highest BCUT2D eigenvalue weighted by atomic mass is 16.5. The van der Waals surface area contributed by atoms with E-state index in [0.29, 0.717) is 30.2 Å². The molecule has 1 aromatic carbocycles. The summed E-state index contributed by atoms with van der Waals surface area (Å²) in [5, 5.41) is 0. The molecule has 0 fully saturated rings. The van der Waals surface area contributed by atoms with Crippen LogP contribution in [0, 0.1) is 0 Å². The van der Waals surface area contributed by atoms with E-state index in [-0.39, 0.29) is 11.5 Å². The van der Waals surface area contributed by atoms with Crippen LogP contribution in [0.2, 0.25) is 0 Å². The molecule has 7 nitrogen and oxygen atoms in total. The van der Waals surface area contributed by atoms with Gasteiger partial charge in [-0.1, -0.05) is 12.1 Å². The average Bonchev–Trinajstić information content (AvgIpc) is 3.03. The number of rotatable bonds is 1. The van der Waals surface area contributed by atoms with Crippen molar-refractivity contribution in [3.63, 3.8) is 0 Å².